The summed E-state index contributed by atoms with van der Waals surface area (Å²) < 4.78 is 0. The lowest BCUT2D eigenvalue weighted by atomic mass is 9.99. The lowest BCUT2D eigenvalue weighted by Crippen LogP contribution is -2.44. The standard InChI is InChI=1S/C14H22N2O.ClH/c1-4-11(3)13(15)14(17)16-9-12-7-5-10(2)6-8-12;/h5-8,11,13H,4,9,15H2,1-3H3,(H,16,17);1H/t11?,13-;/m0./s1. The lowest BCUT2D eigenvalue weighted by molar-refractivity contribution is -0.123. The molecule has 3 nitrogen and oxygen atoms in total. The predicted octanol–water partition coefficient (Wildman–Crippen LogP) is 2.41. The molecular weight excluding hydrogens is 248 g/mol. The van der Waals surface area contributed by atoms with Crippen molar-refractivity contribution in [2.24, 2.45) is 11.7 Å². The molecule has 1 unspecified atom stereocenters. The summed E-state index contributed by atoms with van der Waals surface area (Å²) in [5.74, 6) is 0.146. The van der Waals surface area contributed by atoms with Gasteiger partial charge >= 0.3 is 0 Å². The molecule has 4 heteroatoms. The van der Waals surface area contributed by atoms with Gasteiger partial charge in [-0.25, -0.2) is 0 Å². The molecule has 0 aliphatic rings. The summed E-state index contributed by atoms with van der Waals surface area (Å²) in [6.07, 6.45) is 0.916. The Morgan fingerprint density at radius 2 is 1.89 bits per heavy atom. The molecule has 1 aromatic carbocycles. The zero-order valence-corrected chi connectivity index (χ0v) is 12.1. The number of amides is 1. The molecular formula is C14H23ClN2O. The first kappa shape index (κ1) is 16.9. The number of rotatable bonds is 5. The quantitative estimate of drug-likeness (QED) is 0.863. The minimum atomic E-state index is -0.412. The van der Waals surface area contributed by atoms with E-state index in [-0.39, 0.29) is 24.2 Å². The van der Waals surface area contributed by atoms with Gasteiger partial charge in [-0.3, -0.25) is 4.79 Å². The molecule has 0 aliphatic heterocycles. The highest BCUT2D eigenvalue weighted by atomic mass is 35.5. The van der Waals surface area contributed by atoms with E-state index in [1.54, 1.807) is 0 Å². The fraction of sp³-hybridized carbons (Fsp3) is 0.500. The maximum absolute atomic E-state index is 11.7. The number of nitrogens with two attached hydrogens (primary N) is 1. The number of hydrogen-bond donors (Lipinski definition) is 2. The van der Waals surface area contributed by atoms with E-state index in [4.69, 9.17) is 5.73 Å². The molecule has 1 rings (SSSR count). The topological polar surface area (TPSA) is 55.1 Å². The maximum Gasteiger partial charge on any atom is 0.237 e. The van der Waals surface area contributed by atoms with E-state index in [0.717, 1.165) is 12.0 Å². The van der Waals surface area contributed by atoms with Crippen molar-refractivity contribution in [1.29, 1.82) is 0 Å². The first-order valence-electron chi connectivity index (χ1n) is 6.13. The number of aryl methyl sites for hydroxylation is 1. The van der Waals surface area contributed by atoms with E-state index >= 15 is 0 Å². The fourth-order valence-corrected chi connectivity index (χ4v) is 1.53. The molecule has 3 N–H and O–H groups in total. The van der Waals surface area contributed by atoms with Crippen LogP contribution in [0.15, 0.2) is 24.3 Å². The first-order chi connectivity index (χ1) is 8.04. The van der Waals surface area contributed by atoms with Gasteiger partial charge in [-0.2, -0.15) is 0 Å². The third-order valence-electron chi connectivity index (χ3n) is 3.15. The van der Waals surface area contributed by atoms with Gasteiger partial charge in [0.1, 0.15) is 0 Å². The van der Waals surface area contributed by atoms with Crippen LogP contribution in [-0.4, -0.2) is 11.9 Å². The summed E-state index contributed by atoms with van der Waals surface area (Å²) in [7, 11) is 0. The molecule has 0 aliphatic carbocycles. The van der Waals surface area contributed by atoms with Crippen LogP contribution in [0.2, 0.25) is 0 Å². The minimum absolute atomic E-state index is 0. The van der Waals surface area contributed by atoms with Crippen LogP contribution in [0.5, 0.6) is 0 Å². The summed E-state index contributed by atoms with van der Waals surface area (Å²) in [6.45, 7) is 6.62. The molecule has 0 radical (unpaired) electrons. The predicted molar refractivity (Wildman–Crippen MR) is 77.7 cm³/mol. The second kappa shape index (κ2) is 8.11. The van der Waals surface area contributed by atoms with E-state index in [1.807, 2.05) is 45.0 Å². The fourth-order valence-electron chi connectivity index (χ4n) is 1.53. The van der Waals surface area contributed by atoms with Crippen molar-refractivity contribution in [3.8, 4) is 0 Å². The van der Waals surface area contributed by atoms with Crippen molar-refractivity contribution in [3.05, 3.63) is 35.4 Å². The number of hydrogen-bond acceptors (Lipinski definition) is 2. The number of nitrogens with one attached hydrogen (secondary N) is 1. The Kier molecular flexibility index (Phi) is 7.64. The van der Waals surface area contributed by atoms with E-state index in [2.05, 4.69) is 5.32 Å². The van der Waals surface area contributed by atoms with Crippen molar-refractivity contribution in [2.75, 3.05) is 0 Å². The SMILES string of the molecule is CCC(C)[C@H](N)C(=O)NCc1ccc(C)cc1.Cl. The number of benzene rings is 1. The molecule has 102 valence electrons. The average Bonchev–Trinajstić information content (AvgIpc) is 2.35. The first-order valence-corrected chi connectivity index (χ1v) is 6.13. The number of halogens is 1. The van der Waals surface area contributed by atoms with Gasteiger partial charge in [-0.1, -0.05) is 50.1 Å². The highest BCUT2D eigenvalue weighted by molar-refractivity contribution is 5.85. The van der Waals surface area contributed by atoms with Crippen molar-refractivity contribution in [3.63, 3.8) is 0 Å². The Bertz CT molecular complexity index is 365. The summed E-state index contributed by atoms with van der Waals surface area (Å²) in [4.78, 5) is 11.7. The maximum atomic E-state index is 11.7. The van der Waals surface area contributed by atoms with Crippen LogP contribution >= 0.6 is 12.4 Å². The summed E-state index contributed by atoms with van der Waals surface area (Å²) in [5.41, 5.74) is 8.16. The Morgan fingerprint density at radius 3 is 2.39 bits per heavy atom. The summed E-state index contributed by atoms with van der Waals surface area (Å²) in [6, 6.07) is 7.70. The average molecular weight is 271 g/mol. The zero-order valence-electron chi connectivity index (χ0n) is 11.3. The van der Waals surface area contributed by atoms with Gasteiger partial charge < -0.3 is 11.1 Å². The molecule has 1 aromatic rings. The van der Waals surface area contributed by atoms with Gasteiger partial charge in [0.15, 0.2) is 0 Å². The largest absolute Gasteiger partial charge is 0.351 e. The van der Waals surface area contributed by atoms with Crippen LogP contribution in [0.3, 0.4) is 0 Å². The summed E-state index contributed by atoms with van der Waals surface area (Å²) in [5, 5.41) is 2.87. The Hall–Kier alpha value is -1.06. The second-order valence-corrected chi connectivity index (χ2v) is 4.61. The van der Waals surface area contributed by atoms with Crippen LogP contribution in [0.25, 0.3) is 0 Å². The Balaban J connectivity index is 0.00000289. The highest BCUT2D eigenvalue weighted by Gasteiger charge is 2.18. The van der Waals surface area contributed by atoms with Crippen LogP contribution in [-0.2, 0) is 11.3 Å². The van der Waals surface area contributed by atoms with Crippen molar-refractivity contribution < 1.29 is 4.79 Å². The smallest absolute Gasteiger partial charge is 0.237 e. The van der Waals surface area contributed by atoms with Gasteiger partial charge in [-0.05, 0) is 18.4 Å². The van der Waals surface area contributed by atoms with E-state index < -0.39 is 6.04 Å². The van der Waals surface area contributed by atoms with Crippen LogP contribution in [0.4, 0.5) is 0 Å². The van der Waals surface area contributed by atoms with Crippen molar-refractivity contribution in [1.82, 2.24) is 5.32 Å². The number of carbonyl (C=O) groups excluding carboxylic acids is 1. The Morgan fingerprint density at radius 1 is 1.33 bits per heavy atom. The molecule has 0 aromatic heterocycles. The van der Waals surface area contributed by atoms with Crippen molar-refractivity contribution in [2.45, 2.75) is 39.8 Å². The van der Waals surface area contributed by atoms with Crippen molar-refractivity contribution >= 4 is 18.3 Å². The molecule has 0 heterocycles. The molecule has 18 heavy (non-hydrogen) atoms. The van der Waals surface area contributed by atoms with Gasteiger partial charge in [0.25, 0.3) is 0 Å². The van der Waals surface area contributed by atoms with Crippen LogP contribution in [0.1, 0.15) is 31.4 Å². The zero-order chi connectivity index (χ0) is 12.8. The van der Waals surface area contributed by atoms with E-state index in [0.29, 0.717) is 6.54 Å². The molecule has 0 saturated heterocycles. The molecule has 0 spiro atoms. The normalized spacial score (nSPS) is 13.3. The molecule has 0 bridgehead atoms. The second-order valence-electron chi connectivity index (χ2n) is 4.61. The minimum Gasteiger partial charge on any atom is -0.351 e. The number of carbonyl (C=O) groups is 1. The van der Waals surface area contributed by atoms with Gasteiger partial charge in [0, 0.05) is 6.54 Å². The molecule has 2 atom stereocenters. The van der Waals surface area contributed by atoms with Gasteiger partial charge in [0.05, 0.1) is 6.04 Å². The van der Waals surface area contributed by atoms with Gasteiger partial charge in [0.2, 0.25) is 5.91 Å². The molecule has 1 amide bonds. The molecule has 0 saturated carbocycles. The Labute approximate surface area is 116 Å². The van der Waals surface area contributed by atoms with Gasteiger partial charge in [-0.15, -0.1) is 12.4 Å². The third kappa shape index (κ3) is 5.07. The summed E-state index contributed by atoms with van der Waals surface area (Å²) >= 11 is 0. The lowest BCUT2D eigenvalue weighted by Gasteiger charge is -2.17. The highest BCUT2D eigenvalue weighted by Crippen LogP contribution is 2.06. The third-order valence-corrected chi connectivity index (χ3v) is 3.15. The molecule has 0 fully saturated rings. The van der Waals surface area contributed by atoms with Crippen LogP contribution < -0.4 is 11.1 Å². The van der Waals surface area contributed by atoms with Crippen LogP contribution in [0, 0.1) is 12.8 Å². The van der Waals surface area contributed by atoms with E-state index in [1.165, 1.54) is 5.56 Å². The monoisotopic (exact) mass is 270 g/mol. The van der Waals surface area contributed by atoms with E-state index in [9.17, 15) is 4.79 Å².